The topological polar surface area (TPSA) is 193 Å². The molecule has 3 amide bonds. The van der Waals surface area contributed by atoms with Crippen molar-refractivity contribution in [3.8, 4) is 0 Å². The lowest BCUT2D eigenvalue weighted by Crippen LogP contribution is -2.44. The smallest absolute Gasteiger partial charge is 0.306 e. The number of carboxylic acid groups (broad SMARTS) is 2. The van der Waals surface area contributed by atoms with Crippen LogP contribution in [0.1, 0.15) is 157 Å². The van der Waals surface area contributed by atoms with Crippen LogP contribution < -0.4 is 16.4 Å². The number of primary amides is 1. The summed E-state index contributed by atoms with van der Waals surface area (Å²) in [6.07, 6.45) is 17.0. The number of ketones is 1. The SMILES string of the molecule is Cc1ccc(C(=O)NCCCCC(NC(=O)CCC(CC(=O)CCCCCCCCCCCCCCCCC(=O)O)C(=O)O)C(N)=O)cc1. The number of aryl methyl sites for hydroxylation is 1. The summed E-state index contributed by atoms with van der Waals surface area (Å²) in [4.78, 5) is 71.3. The Labute approximate surface area is 292 Å². The lowest BCUT2D eigenvalue weighted by Gasteiger charge is -2.17. The zero-order valence-corrected chi connectivity index (χ0v) is 29.6. The number of benzene rings is 1. The van der Waals surface area contributed by atoms with Gasteiger partial charge in [0.1, 0.15) is 11.8 Å². The van der Waals surface area contributed by atoms with Gasteiger partial charge in [-0.3, -0.25) is 28.8 Å². The Hall–Kier alpha value is -3.76. The van der Waals surface area contributed by atoms with Crippen LogP contribution in [0.2, 0.25) is 0 Å². The number of hydrogen-bond acceptors (Lipinski definition) is 6. The van der Waals surface area contributed by atoms with Crippen molar-refractivity contribution in [2.75, 3.05) is 6.54 Å². The lowest BCUT2D eigenvalue weighted by atomic mass is 9.94. The summed E-state index contributed by atoms with van der Waals surface area (Å²) in [7, 11) is 0. The minimum absolute atomic E-state index is 0.00375. The molecule has 0 aliphatic carbocycles. The number of carbonyl (C=O) groups excluding carboxylic acids is 4. The van der Waals surface area contributed by atoms with Crippen LogP contribution in [-0.2, 0) is 24.0 Å². The summed E-state index contributed by atoms with van der Waals surface area (Å²) >= 11 is 0. The largest absolute Gasteiger partial charge is 0.481 e. The Morgan fingerprint density at radius 2 is 1.16 bits per heavy atom. The van der Waals surface area contributed by atoms with Crippen LogP contribution in [0.3, 0.4) is 0 Å². The van der Waals surface area contributed by atoms with Gasteiger partial charge < -0.3 is 26.6 Å². The molecule has 0 radical (unpaired) electrons. The van der Waals surface area contributed by atoms with Crippen LogP contribution in [0.25, 0.3) is 0 Å². The van der Waals surface area contributed by atoms with E-state index in [4.69, 9.17) is 10.8 Å². The number of nitrogens with two attached hydrogens (primary N) is 1. The fourth-order valence-electron chi connectivity index (χ4n) is 5.75. The van der Waals surface area contributed by atoms with Crippen molar-refractivity contribution >= 4 is 35.4 Å². The number of amides is 3. The summed E-state index contributed by atoms with van der Waals surface area (Å²) in [6, 6.07) is 6.33. The van der Waals surface area contributed by atoms with Crippen molar-refractivity contribution in [1.29, 1.82) is 0 Å². The van der Waals surface area contributed by atoms with Crippen molar-refractivity contribution in [3.05, 3.63) is 35.4 Å². The fraction of sp³-hybridized carbons (Fsp3) is 0.684. The van der Waals surface area contributed by atoms with E-state index in [1.54, 1.807) is 12.1 Å². The number of carboxylic acids is 2. The van der Waals surface area contributed by atoms with Crippen molar-refractivity contribution in [1.82, 2.24) is 10.6 Å². The maximum Gasteiger partial charge on any atom is 0.306 e. The second-order valence-electron chi connectivity index (χ2n) is 13.3. The van der Waals surface area contributed by atoms with Crippen molar-refractivity contribution < 1.29 is 39.0 Å². The van der Waals surface area contributed by atoms with E-state index in [9.17, 15) is 33.9 Å². The molecule has 0 heterocycles. The molecule has 1 aromatic carbocycles. The molecule has 0 aliphatic rings. The molecule has 0 fully saturated rings. The Balaban J connectivity index is 2.14. The summed E-state index contributed by atoms with van der Waals surface area (Å²) in [5, 5.41) is 23.7. The zero-order chi connectivity index (χ0) is 36.3. The van der Waals surface area contributed by atoms with E-state index in [-0.39, 0.29) is 37.4 Å². The average Bonchev–Trinajstić information content (AvgIpc) is 3.05. The minimum atomic E-state index is -1.11. The molecule has 49 heavy (non-hydrogen) atoms. The Bertz CT molecular complexity index is 1140. The van der Waals surface area contributed by atoms with Gasteiger partial charge in [0.05, 0.1) is 5.92 Å². The van der Waals surface area contributed by atoms with E-state index in [2.05, 4.69) is 10.6 Å². The van der Waals surface area contributed by atoms with Crippen molar-refractivity contribution in [2.45, 2.75) is 154 Å². The summed E-state index contributed by atoms with van der Waals surface area (Å²) in [6.45, 7) is 2.35. The molecule has 6 N–H and O–H groups in total. The van der Waals surface area contributed by atoms with Gasteiger partial charge in [-0.25, -0.2) is 0 Å². The molecule has 0 aliphatic heterocycles. The summed E-state index contributed by atoms with van der Waals surface area (Å²) in [5.41, 5.74) is 7.09. The zero-order valence-electron chi connectivity index (χ0n) is 29.6. The molecule has 0 aromatic heterocycles. The predicted molar refractivity (Wildman–Crippen MR) is 190 cm³/mol. The molecular weight excluding hydrogens is 626 g/mol. The highest BCUT2D eigenvalue weighted by Gasteiger charge is 2.24. The van der Waals surface area contributed by atoms with E-state index in [1.165, 1.54) is 44.9 Å². The fourth-order valence-corrected chi connectivity index (χ4v) is 5.75. The van der Waals surface area contributed by atoms with Gasteiger partial charge in [0.25, 0.3) is 5.91 Å². The molecule has 0 spiro atoms. The molecule has 2 unspecified atom stereocenters. The standard InChI is InChI=1S/C38H61N3O8/c1-29-21-23-30(24-22-29)37(47)40-27-17-16-19-33(36(39)46)41-34(43)26-25-31(38(48)49)28-32(42)18-14-12-10-8-6-4-2-3-5-7-9-11-13-15-20-35(44)45/h21-24,31,33H,2-20,25-28H2,1H3,(H2,39,46)(H,40,47)(H,41,43)(H,44,45)(H,48,49). The van der Waals surface area contributed by atoms with E-state index in [0.717, 1.165) is 50.5 Å². The molecule has 2 atom stereocenters. The number of unbranched alkanes of at least 4 members (excludes halogenated alkanes) is 14. The molecule has 11 nitrogen and oxygen atoms in total. The number of nitrogens with one attached hydrogen (secondary N) is 2. The number of rotatable bonds is 31. The number of aliphatic carboxylic acids is 2. The van der Waals surface area contributed by atoms with Gasteiger partial charge in [-0.1, -0.05) is 94.7 Å². The second-order valence-corrected chi connectivity index (χ2v) is 13.3. The molecule has 0 saturated heterocycles. The van der Waals surface area contributed by atoms with E-state index in [0.29, 0.717) is 37.8 Å². The van der Waals surface area contributed by atoms with E-state index >= 15 is 0 Å². The van der Waals surface area contributed by atoms with Crippen molar-refractivity contribution in [2.24, 2.45) is 11.7 Å². The maximum absolute atomic E-state index is 12.5. The number of Topliss-reactive ketones (excluding diaryl/α,β-unsaturated/α-hetero) is 1. The molecular formula is C38H61N3O8. The predicted octanol–water partition coefficient (Wildman–Crippen LogP) is 6.63. The van der Waals surface area contributed by atoms with E-state index in [1.807, 2.05) is 19.1 Å². The highest BCUT2D eigenvalue weighted by molar-refractivity contribution is 5.94. The molecule has 0 bridgehead atoms. The third kappa shape index (κ3) is 23.3. The average molecular weight is 688 g/mol. The van der Waals surface area contributed by atoms with Gasteiger partial charge in [-0.15, -0.1) is 0 Å². The van der Waals surface area contributed by atoms with Crippen LogP contribution in [0.4, 0.5) is 0 Å². The minimum Gasteiger partial charge on any atom is -0.481 e. The monoisotopic (exact) mass is 687 g/mol. The first-order chi connectivity index (χ1) is 23.5. The lowest BCUT2D eigenvalue weighted by molar-refractivity contribution is -0.144. The Morgan fingerprint density at radius 1 is 0.653 bits per heavy atom. The van der Waals surface area contributed by atoms with Crippen LogP contribution >= 0.6 is 0 Å². The van der Waals surface area contributed by atoms with Crippen LogP contribution in [0, 0.1) is 12.8 Å². The Kier molecular flexibility index (Phi) is 23.9. The first kappa shape index (κ1) is 43.3. The van der Waals surface area contributed by atoms with Gasteiger partial charge in [0.2, 0.25) is 11.8 Å². The quantitative estimate of drug-likeness (QED) is 0.0537. The normalized spacial score (nSPS) is 12.2. The molecule has 0 saturated carbocycles. The Morgan fingerprint density at radius 3 is 1.65 bits per heavy atom. The molecule has 276 valence electrons. The van der Waals surface area contributed by atoms with Crippen LogP contribution in [0.15, 0.2) is 24.3 Å². The van der Waals surface area contributed by atoms with Gasteiger partial charge >= 0.3 is 11.9 Å². The third-order valence-corrected chi connectivity index (χ3v) is 8.84. The third-order valence-electron chi connectivity index (χ3n) is 8.84. The maximum atomic E-state index is 12.5. The first-order valence-electron chi connectivity index (χ1n) is 18.4. The van der Waals surface area contributed by atoms with Gasteiger partial charge in [0.15, 0.2) is 0 Å². The van der Waals surface area contributed by atoms with Crippen LogP contribution in [0.5, 0.6) is 0 Å². The second kappa shape index (κ2) is 27.1. The van der Waals surface area contributed by atoms with Gasteiger partial charge in [0, 0.05) is 37.8 Å². The summed E-state index contributed by atoms with van der Waals surface area (Å²) in [5.74, 6) is -4.25. The van der Waals surface area contributed by atoms with E-state index < -0.39 is 35.7 Å². The molecule has 1 aromatic rings. The highest BCUT2D eigenvalue weighted by Crippen LogP contribution is 2.17. The first-order valence-corrected chi connectivity index (χ1v) is 18.4. The number of hydrogen-bond donors (Lipinski definition) is 5. The highest BCUT2D eigenvalue weighted by atomic mass is 16.4. The van der Waals surface area contributed by atoms with Crippen LogP contribution in [-0.4, -0.2) is 58.2 Å². The molecule has 11 heteroatoms. The molecule has 1 rings (SSSR count). The number of carbonyl (C=O) groups is 6. The van der Waals surface area contributed by atoms with Crippen molar-refractivity contribution in [3.63, 3.8) is 0 Å². The summed E-state index contributed by atoms with van der Waals surface area (Å²) < 4.78 is 0. The van der Waals surface area contributed by atoms with Gasteiger partial charge in [-0.2, -0.15) is 0 Å². The van der Waals surface area contributed by atoms with Gasteiger partial charge in [-0.05, 0) is 57.6 Å².